The maximum Gasteiger partial charge on any atom is 0.260 e. The number of carbonyl (C=O) groups is 1. The third kappa shape index (κ3) is 4.97. The fourth-order valence-corrected chi connectivity index (χ4v) is 5.64. The van der Waals surface area contributed by atoms with Crippen LogP contribution in [0.1, 0.15) is 24.2 Å². The summed E-state index contributed by atoms with van der Waals surface area (Å²) in [7, 11) is -3.46. The van der Waals surface area contributed by atoms with Crippen LogP contribution in [-0.4, -0.2) is 69.9 Å². The molecule has 0 spiro atoms. The van der Waals surface area contributed by atoms with E-state index >= 15 is 0 Å². The van der Waals surface area contributed by atoms with Crippen molar-refractivity contribution in [1.82, 2.24) is 9.88 Å². The Kier molecular flexibility index (Phi) is 6.87. The molecule has 1 aliphatic heterocycles. The number of thiazole rings is 1. The highest BCUT2D eigenvalue weighted by molar-refractivity contribution is 7.91. The number of fused-ring (bicyclic) bond motifs is 2. The largest absolute Gasteiger partial charge is 0.486 e. The summed E-state index contributed by atoms with van der Waals surface area (Å²) < 4.78 is 36.5. The normalized spacial score (nSPS) is 13.5. The Labute approximate surface area is 197 Å². The Bertz CT molecular complexity index is 1270. The van der Waals surface area contributed by atoms with E-state index in [4.69, 9.17) is 9.47 Å². The van der Waals surface area contributed by atoms with Crippen LogP contribution in [0.3, 0.4) is 0 Å². The molecule has 0 atom stereocenters. The number of amides is 1. The smallest absolute Gasteiger partial charge is 0.260 e. The summed E-state index contributed by atoms with van der Waals surface area (Å²) in [5.41, 5.74) is 0.851. The van der Waals surface area contributed by atoms with Crippen molar-refractivity contribution in [2.75, 3.05) is 50.5 Å². The highest BCUT2D eigenvalue weighted by Crippen LogP contribution is 2.35. The number of sulfone groups is 1. The molecule has 4 rings (SSSR count). The minimum Gasteiger partial charge on any atom is -0.486 e. The van der Waals surface area contributed by atoms with Crippen LogP contribution in [0.25, 0.3) is 10.2 Å². The summed E-state index contributed by atoms with van der Waals surface area (Å²) >= 11 is 1.31. The zero-order chi connectivity index (χ0) is 23.6. The Morgan fingerprint density at radius 3 is 2.48 bits per heavy atom. The van der Waals surface area contributed by atoms with Gasteiger partial charge in [-0.15, -0.1) is 0 Å². The van der Waals surface area contributed by atoms with E-state index < -0.39 is 9.84 Å². The summed E-state index contributed by atoms with van der Waals surface area (Å²) in [5.74, 6) is 0.934. The van der Waals surface area contributed by atoms with E-state index in [0.717, 1.165) is 17.8 Å². The first kappa shape index (κ1) is 23.5. The van der Waals surface area contributed by atoms with Gasteiger partial charge in [0, 0.05) is 24.9 Å². The molecule has 2 aromatic carbocycles. The molecule has 0 N–H and O–H groups in total. The van der Waals surface area contributed by atoms with Gasteiger partial charge in [0.1, 0.15) is 18.7 Å². The Morgan fingerprint density at radius 1 is 1.06 bits per heavy atom. The van der Waals surface area contributed by atoms with Crippen molar-refractivity contribution >= 4 is 42.4 Å². The number of likely N-dealkylation sites (N-methyl/N-ethyl adjacent to an activating group) is 1. The zero-order valence-corrected chi connectivity index (χ0v) is 20.5. The molecule has 0 unspecified atom stereocenters. The second-order valence-corrected chi connectivity index (χ2v) is 10.7. The highest BCUT2D eigenvalue weighted by atomic mass is 32.2. The molecule has 0 radical (unpaired) electrons. The first-order valence-corrected chi connectivity index (χ1v) is 13.6. The summed E-state index contributed by atoms with van der Waals surface area (Å²) in [4.78, 5) is 22.3. The fourth-order valence-electron chi connectivity index (χ4n) is 3.72. The molecule has 33 heavy (non-hydrogen) atoms. The van der Waals surface area contributed by atoms with Gasteiger partial charge in [-0.25, -0.2) is 13.4 Å². The number of anilines is 1. The molecular formula is C23H27N3O5S2. The van der Waals surface area contributed by atoms with Gasteiger partial charge in [-0.1, -0.05) is 31.3 Å². The average molecular weight is 490 g/mol. The number of aromatic nitrogens is 1. The lowest BCUT2D eigenvalue weighted by Gasteiger charge is -2.25. The lowest BCUT2D eigenvalue weighted by Crippen LogP contribution is -2.39. The quantitative estimate of drug-likeness (QED) is 0.479. The van der Waals surface area contributed by atoms with Crippen LogP contribution in [0, 0.1) is 0 Å². The predicted octanol–water partition coefficient (Wildman–Crippen LogP) is 3.46. The molecule has 10 heteroatoms. The van der Waals surface area contributed by atoms with Crippen LogP contribution >= 0.6 is 11.3 Å². The van der Waals surface area contributed by atoms with Crippen LogP contribution < -0.4 is 14.4 Å². The van der Waals surface area contributed by atoms with Gasteiger partial charge in [0.15, 0.2) is 26.5 Å². The van der Waals surface area contributed by atoms with Crippen LogP contribution in [-0.2, 0) is 9.84 Å². The molecule has 1 aromatic heterocycles. The molecule has 0 saturated carbocycles. The van der Waals surface area contributed by atoms with Crippen molar-refractivity contribution in [3.63, 3.8) is 0 Å². The van der Waals surface area contributed by atoms with Crippen molar-refractivity contribution in [3.8, 4) is 11.5 Å². The molecule has 0 aliphatic carbocycles. The van der Waals surface area contributed by atoms with Gasteiger partial charge in [-0.05, 0) is 43.4 Å². The lowest BCUT2D eigenvalue weighted by molar-refractivity contribution is 0.0982. The zero-order valence-electron chi connectivity index (χ0n) is 18.9. The molecule has 8 nitrogen and oxygen atoms in total. The minimum absolute atomic E-state index is 0.165. The van der Waals surface area contributed by atoms with Crippen LogP contribution in [0.5, 0.6) is 11.5 Å². The lowest BCUT2D eigenvalue weighted by atomic mass is 10.1. The van der Waals surface area contributed by atoms with Gasteiger partial charge < -0.3 is 14.4 Å². The number of para-hydroxylation sites is 1. The summed E-state index contributed by atoms with van der Waals surface area (Å²) in [5, 5.41) is 0.466. The predicted molar refractivity (Wildman–Crippen MR) is 130 cm³/mol. The summed E-state index contributed by atoms with van der Waals surface area (Å²) in [6.45, 7) is 7.87. The number of ether oxygens (including phenoxy) is 2. The number of carbonyl (C=O) groups excluding carboxylic acids is 1. The SMILES string of the molecule is CCN(CC)CCN(C(=O)c1ccc2c(c1)OCCO2)c1nc2c(S(C)(=O)=O)cccc2s1. The molecule has 0 bridgehead atoms. The van der Waals surface area contributed by atoms with E-state index in [0.29, 0.717) is 54.0 Å². The maximum atomic E-state index is 13.6. The van der Waals surface area contributed by atoms with Gasteiger partial charge in [-0.3, -0.25) is 9.69 Å². The molecular weight excluding hydrogens is 462 g/mol. The molecule has 0 saturated heterocycles. The van der Waals surface area contributed by atoms with E-state index in [2.05, 4.69) is 23.7 Å². The highest BCUT2D eigenvalue weighted by Gasteiger charge is 2.25. The Balaban J connectivity index is 1.74. The Hall–Kier alpha value is -2.69. The van der Waals surface area contributed by atoms with E-state index in [9.17, 15) is 13.2 Å². The van der Waals surface area contributed by atoms with Crippen LogP contribution in [0.2, 0.25) is 0 Å². The molecule has 3 aromatic rings. The third-order valence-electron chi connectivity index (χ3n) is 5.57. The maximum absolute atomic E-state index is 13.6. The van der Waals surface area contributed by atoms with Gasteiger partial charge in [0.05, 0.1) is 9.60 Å². The van der Waals surface area contributed by atoms with Crippen LogP contribution in [0.15, 0.2) is 41.3 Å². The molecule has 2 heterocycles. The van der Waals surface area contributed by atoms with Crippen molar-refractivity contribution in [2.24, 2.45) is 0 Å². The number of benzene rings is 2. The van der Waals surface area contributed by atoms with Gasteiger partial charge >= 0.3 is 0 Å². The third-order valence-corrected chi connectivity index (χ3v) is 7.74. The van der Waals surface area contributed by atoms with Crippen LogP contribution in [0.4, 0.5) is 5.13 Å². The van der Waals surface area contributed by atoms with E-state index in [1.54, 1.807) is 35.2 Å². The number of hydrogen-bond donors (Lipinski definition) is 0. The second-order valence-electron chi connectivity index (χ2n) is 7.71. The molecule has 176 valence electrons. The minimum atomic E-state index is -3.46. The number of hydrogen-bond acceptors (Lipinski definition) is 8. The van der Waals surface area contributed by atoms with E-state index in [-0.39, 0.29) is 10.8 Å². The topological polar surface area (TPSA) is 89.0 Å². The molecule has 1 aliphatic rings. The molecule has 1 amide bonds. The standard InChI is InChI=1S/C23H27N3O5S2/c1-4-25(5-2)11-12-26(22(27)16-9-10-17-18(15-16)31-14-13-30-17)23-24-21-19(32-23)7-6-8-20(21)33(3,28)29/h6-10,15H,4-5,11-14H2,1-3H3. The number of nitrogens with zero attached hydrogens (tertiary/aromatic N) is 3. The first-order valence-electron chi connectivity index (χ1n) is 10.8. The average Bonchev–Trinajstić information content (AvgIpc) is 3.24. The Morgan fingerprint density at radius 2 is 1.79 bits per heavy atom. The second kappa shape index (κ2) is 9.66. The van der Waals surface area contributed by atoms with Crippen molar-refractivity contribution in [3.05, 3.63) is 42.0 Å². The first-order chi connectivity index (χ1) is 15.8. The van der Waals surface area contributed by atoms with Crippen molar-refractivity contribution < 1.29 is 22.7 Å². The molecule has 0 fully saturated rings. The summed E-state index contributed by atoms with van der Waals surface area (Å²) in [6, 6.07) is 10.2. The summed E-state index contributed by atoms with van der Waals surface area (Å²) in [6.07, 6.45) is 1.17. The van der Waals surface area contributed by atoms with Crippen molar-refractivity contribution in [2.45, 2.75) is 18.7 Å². The van der Waals surface area contributed by atoms with E-state index in [1.165, 1.54) is 17.6 Å². The fraction of sp³-hybridized carbons (Fsp3) is 0.391. The van der Waals surface area contributed by atoms with Gasteiger partial charge in [0.2, 0.25) is 0 Å². The number of rotatable bonds is 8. The van der Waals surface area contributed by atoms with E-state index in [1.807, 2.05) is 6.07 Å². The van der Waals surface area contributed by atoms with Gasteiger partial charge in [-0.2, -0.15) is 0 Å². The van der Waals surface area contributed by atoms with Crippen molar-refractivity contribution in [1.29, 1.82) is 0 Å². The monoisotopic (exact) mass is 489 g/mol. The van der Waals surface area contributed by atoms with Gasteiger partial charge in [0.25, 0.3) is 5.91 Å².